The Morgan fingerprint density at radius 1 is 1.16 bits per heavy atom. The summed E-state index contributed by atoms with van der Waals surface area (Å²) in [4.78, 5) is 4.10. The number of aromatic nitrogens is 1. The molecule has 1 aromatic heterocycles. The van der Waals surface area contributed by atoms with Gasteiger partial charge in [0, 0.05) is 11.2 Å². The molecule has 1 heterocycles. The molecule has 6 heteroatoms. The zero-order chi connectivity index (χ0) is 14.0. The molecule has 0 radical (unpaired) electrons. The Morgan fingerprint density at radius 3 is 2.58 bits per heavy atom. The number of benzene rings is 1. The van der Waals surface area contributed by atoms with Crippen LogP contribution in [-0.4, -0.2) is 4.98 Å². The van der Waals surface area contributed by atoms with E-state index in [1.54, 1.807) is 6.07 Å². The van der Waals surface area contributed by atoms with Crippen LogP contribution in [0.15, 0.2) is 30.5 Å². The number of hydrogen-bond donors (Lipinski definition) is 1. The van der Waals surface area contributed by atoms with Gasteiger partial charge in [-0.1, -0.05) is 34.8 Å². The van der Waals surface area contributed by atoms with E-state index in [1.807, 2.05) is 0 Å². The fraction of sp³-hybridized carbons (Fsp3) is 0.154. The van der Waals surface area contributed by atoms with Gasteiger partial charge in [-0.3, -0.25) is 4.98 Å². The molecule has 0 saturated carbocycles. The minimum absolute atomic E-state index is 0.338. The topological polar surface area (TPSA) is 38.9 Å². The molecule has 19 heavy (non-hydrogen) atoms. The van der Waals surface area contributed by atoms with Crippen LogP contribution in [0.4, 0.5) is 4.39 Å². The SMILES string of the molecule is NC(Cc1cc(F)ccc1Cl)c1ncc(Cl)cc1Cl. The van der Waals surface area contributed by atoms with Gasteiger partial charge < -0.3 is 5.73 Å². The fourth-order valence-corrected chi connectivity index (χ4v) is 2.45. The molecule has 0 aliphatic heterocycles. The zero-order valence-electron chi connectivity index (χ0n) is 9.71. The molecule has 0 aliphatic rings. The Hall–Kier alpha value is -0.870. The first kappa shape index (κ1) is 14.5. The van der Waals surface area contributed by atoms with E-state index in [4.69, 9.17) is 40.5 Å². The van der Waals surface area contributed by atoms with Crippen molar-refractivity contribution in [2.75, 3.05) is 0 Å². The molecule has 2 aromatic rings. The van der Waals surface area contributed by atoms with Gasteiger partial charge in [0.25, 0.3) is 0 Å². The Morgan fingerprint density at radius 2 is 1.89 bits per heavy atom. The van der Waals surface area contributed by atoms with Crippen LogP contribution in [0.1, 0.15) is 17.3 Å². The standard InChI is InChI=1S/C13H10Cl3FN2/c14-8-5-11(16)13(19-6-8)12(18)4-7-3-9(17)1-2-10(7)15/h1-3,5-6,12H,4,18H2. The molecule has 100 valence electrons. The van der Waals surface area contributed by atoms with Gasteiger partial charge in [-0.05, 0) is 36.2 Å². The summed E-state index contributed by atoms with van der Waals surface area (Å²) < 4.78 is 13.2. The number of pyridine rings is 1. The molecule has 1 unspecified atom stereocenters. The number of halogens is 4. The number of nitrogens with two attached hydrogens (primary N) is 1. The Bertz CT molecular complexity index is 604. The lowest BCUT2D eigenvalue weighted by Crippen LogP contribution is -2.15. The van der Waals surface area contributed by atoms with Gasteiger partial charge in [0.1, 0.15) is 5.82 Å². The first-order valence-electron chi connectivity index (χ1n) is 5.48. The number of rotatable bonds is 3. The predicted molar refractivity (Wildman–Crippen MR) is 76.3 cm³/mol. The minimum Gasteiger partial charge on any atom is -0.322 e. The number of hydrogen-bond acceptors (Lipinski definition) is 2. The third-order valence-corrected chi connectivity index (χ3v) is 3.51. The summed E-state index contributed by atoms with van der Waals surface area (Å²) >= 11 is 17.8. The summed E-state index contributed by atoms with van der Waals surface area (Å²) in [7, 11) is 0. The number of nitrogens with zero attached hydrogens (tertiary/aromatic N) is 1. The molecule has 0 spiro atoms. The maximum absolute atomic E-state index is 13.2. The fourth-order valence-electron chi connectivity index (χ4n) is 1.73. The van der Waals surface area contributed by atoms with Crippen molar-refractivity contribution >= 4 is 34.8 Å². The van der Waals surface area contributed by atoms with E-state index in [1.165, 1.54) is 24.4 Å². The summed E-state index contributed by atoms with van der Waals surface area (Å²) in [5.41, 5.74) is 7.14. The summed E-state index contributed by atoms with van der Waals surface area (Å²) in [6.45, 7) is 0. The van der Waals surface area contributed by atoms with E-state index in [0.717, 1.165) is 0 Å². The molecule has 2 nitrogen and oxygen atoms in total. The average Bonchev–Trinajstić information content (AvgIpc) is 2.33. The molecule has 1 atom stereocenters. The van der Waals surface area contributed by atoms with Crippen molar-refractivity contribution in [3.8, 4) is 0 Å². The summed E-state index contributed by atoms with van der Waals surface area (Å²) in [6, 6.07) is 5.23. The van der Waals surface area contributed by atoms with Crippen LogP contribution in [0.5, 0.6) is 0 Å². The summed E-state index contributed by atoms with van der Waals surface area (Å²) in [5, 5.41) is 1.28. The smallest absolute Gasteiger partial charge is 0.123 e. The Kier molecular flexibility index (Phi) is 4.63. The lowest BCUT2D eigenvalue weighted by atomic mass is 10.0. The monoisotopic (exact) mass is 318 g/mol. The van der Waals surface area contributed by atoms with Gasteiger partial charge >= 0.3 is 0 Å². The first-order valence-corrected chi connectivity index (χ1v) is 6.61. The van der Waals surface area contributed by atoms with Crippen molar-refractivity contribution in [2.45, 2.75) is 12.5 Å². The summed E-state index contributed by atoms with van der Waals surface area (Å²) in [6.07, 6.45) is 1.81. The van der Waals surface area contributed by atoms with Gasteiger partial charge in [-0.15, -0.1) is 0 Å². The molecule has 0 bridgehead atoms. The molecule has 0 saturated heterocycles. The van der Waals surface area contributed by atoms with Crippen molar-refractivity contribution in [3.05, 3.63) is 62.6 Å². The van der Waals surface area contributed by atoms with Gasteiger partial charge in [0.2, 0.25) is 0 Å². The molecule has 1 aromatic carbocycles. The van der Waals surface area contributed by atoms with Crippen molar-refractivity contribution in [1.29, 1.82) is 0 Å². The zero-order valence-corrected chi connectivity index (χ0v) is 12.0. The third kappa shape index (κ3) is 3.57. The van der Waals surface area contributed by atoms with Crippen LogP contribution in [0.3, 0.4) is 0 Å². The largest absolute Gasteiger partial charge is 0.322 e. The van der Waals surface area contributed by atoms with E-state index >= 15 is 0 Å². The lowest BCUT2D eigenvalue weighted by molar-refractivity contribution is 0.621. The van der Waals surface area contributed by atoms with E-state index in [9.17, 15) is 4.39 Å². The molecule has 0 aliphatic carbocycles. The van der Waals surface area contributed by atoms with Gasteiger partial charge in [0.05, 0.1) is 21.8 Å². The van der Waals surface area contributed by atoms with E-state index < -0.39 is 6.04 Å². The highest BCUT2D eigenvalue weighted by Crippen LogP contribution is 2.27. The quantitative estimate of drug-likeness (QED) is 0.909. The van der Waals surface area contributed by atoms with Crippen LogP contribution in [0, 0.1) is 5.82 Å². The highest BCUT2D eigenvalue weighted by molar-refractivity contribution is 6.34. The van der Waals surface area contributed by atoms with Crippen LogP contribution in [0.25, 0.3) is 0 Å². The van der Waals surface area contributed by atoms with Crippen molar-refractivity contribution in [3.63, 3.8) is 0 Å². The maximum atomic E-state index is 13.2. The van der Waals surface area contributed by atoms with E-state index in [-0.39, 0.29) is 5.82 Å². The second kappa shape index (κ2) is 6.06. The predicted octanol–water partition coefficient (Wildman–Crippen LogP) is 4.42. The molecule has 0 amide bonds. The highest BCUT2D eigenvalue weighted by Gasteiger charge is 2.15. The van der Waals surface area contributed by atoms with Crippen LogP contribution < -0.4 is 5.73 Å². The van der Waals surface area contributed by atoms with Crippen molar-refractivity contribution in [1.82, 2.24) is 4.98 Å². The second-order valence-corrected chi connectivity index (χ2v) is 5.32. The normalized spacial score (nSPS) is 12.5. The molecule has 2 N–H and O–H groups in total. The van der Waals surface area contributed by atoms with Gasteiger partial charge in [-0.2, -0.15) is 0 Å². The highest BCUT2D eigenvalue weighted by atomic mass is 35.5. The first-order chi connectivity index (χ1) is 8.97. The van der Waals surface area contributed by atoms with Crippen LogP contribution in [0.2, 0.25) is 15.1 Å². The van der Waals surface area contributed by atoms with Gasteiger partial charge in [0.15, 0.2) is 0 Å². The third-order valence-electron chi connectivity index (χ3n) is 2.64. The maximum Gasteiger partial charge on any atom is 0.123 e. The average molecular weight is 320 g/mol. The molecular formula is C13H10Cl3FN2. The molecule has 0 fully saturated rings. The lowest BCUT2D eigenvalue weighted by Gasteiger charge is -2.14. The van der Waals surface area contributed by atoms with Crippen molar-refractivity contribution < 1.29 is 4.39 Å². The van der Waals surface area contributed by atoms with Crippen molar-refractivity contribution in [2.24, 2.45) is 5.73 Å². The molecular weight excluding hydrogens is 310 g/mol. The molecule has 2 rings (SSSR count). The Labute approximate surface area is 125 Å². The van der Waals surface area contributed by atoms with Crippen LogP contribution in [-0.2, 0) is 6.42 Å². The summed E-state index contributed by atoms with van der Waals surface area (Å²) in [5.74, 6) is -0.359. The van der Waals surface area contributed by atoms with E-state index in [2.05, 4.69) is 4.98 Å². The van der Waals surface area contributed by atoms with E-state index in [0.29, 0.717) is 32.7 Å². The van der Waals surface area contributed by atoms with Crippen LogP contribution >= 0.6 is 34.8 Å². The second-order valence-electron chi connectivity index (χ2n) is 4.07. The minimum atomic E-state index is -0.482. The van der Waals surface area contributed by atoms with Gasteiger partial charge in [-0.25, -0.2) is 4.39 Å². The Balaban J connectivity index is 2.25.